The van der Waals surface area contributed by atoms with Crippen LogP contribution in [0.3, 0.4) is 0 Å². The summed E-state index contributed by atoms with van der Waals surface area (Å²) in [4.78, 5) is 0. The summed E-state index contributed by atoms with van der Waals surface area (Å²) in [7, 11) is 0. The number of benzene rings is 1. The third-order valence-corrected chi connectivity index (χ3v) is 2.46. The summed E-state index contributed by atoms with van der Waals surface area (Å²) in [5.41, 5.74) is 1.23. The minimum absolute atomic E-state index is 0.229. The summed E-state index contributed by atoms with van der Waals surface area (Å²) < 4.78 is 5.60. The first-order chi connectivity index (χ1) is 5.72. The zero-order valence-corrected chi connectivity index (χ0v) is 8.97. The van der Waals surface area contributed by atoms with Crippen molar-refractivity contribution in [1.82, 2.24) is 0 Å². The van der Waals surface area contributed by atoms with Gasteiger partial charge in [-0.05, 0) is 31.5 Å². The first-order valence-electron chi connectivity index (χ1n) is 4.01. The standard InChI is InChI=1S/C10H13BrO/c1-8-4-3-5-10(6-8)12-9(2)7-11/h3-6,9H,7H2,1-2H3/t9-/m0/s1. The highest BCUT2D eigenvalue weighted by molar-refractivity contribution is 9.09. The van der Waals surface area contributed by atoms with E-state index in [1.807, 2.05) is 25.1 Å². The Kier molecular flexibility index (Phi) is 3.60. The van der Waals surface area contributed by atoms with Crippen LogP contribution in [0.25, 0.3) is 0 Å². The minimum atomic E-state index is 0.229. The van der Waals surface area contributed by atoms with Crippen LogP contribution in [0.5, 0.6) is 5.75 Å². The highest BCUT2D eigenvalue weighted by Gasteiger charge is 2.00. The quantitative estimate of drug-likeness (QED) is 0.723. The highest BCUT2D eigenvalue weighted by Crippen LogP contribution is 2.14. The molecule has 12 heavy (non-hydrogen) atoms. The first-order valence-corrected chi connectivity index (χ1v) is 5.14. The molecule has 0 aliphatic carbocycles. The third kappa shape index (κ3) is 2.86. The predicted octanol–water partition coefficient (Wildman–Crippen LogP) is 3.16. The van der Waals surface area contributed by atoms with Crippen molar-refractivity contribution in [3.63, 3.8) is 0 Å². The van der Waals surface area contributed by atoms with Crippen LogP contribution in [0.1, 0.15) is 12.5 Å². The fourth-order valence-corrected chi connectivity index (χ4v) is 1.08. The van der Waals surface area contributed by atoms with E-state index in [0.29, 0.717) is 0 Å². The minimum Gasteiger partial charge on any atom is -0.490 e. The molecule has 1 atom stereocenters. The molecule has 1 nitrogen and oxygen atoms in total. The fourth-order valence-electron chi connectivity index (χ4n) is 0.952. The number of hydrogen-bond donors (Lipinski definition) is 0. The zero-order chi connectivity index (χ0) is 8.97. The molecule has 1 aromatic rings. The Morgan fingerprint density at radius 2 is 2.25 bits per heavy atom. The molecule has 0 bridgehead atoms. The molecule has 0 saturated carbocycles. The van der Waals surface area contributed by atoms with E-state index in [4.69, 9.17) is 4.74 Å². The molecule has 0 amide bonds. The van der Waals surface area contributed by atoms with E-state index < -0.39 is 0 Å². The van der Waals surface area contributed by atoms with Crippen LogP contribution in [-0.2, 0) is 0 Å². The SMILES string of the molecule is Cc1cccc(O[C@@H](C)CBr)c1. The van der Waals surface area contributed by atoms with Crippen LogP contribution in [0.4, 0.5) is 0 Å². The van der Waals surface area contributed by atoms with Crippen molar-refractivity contribution in [2.75, 3.05) is 5.33 Å². The molecule has 0 aliphatic rings. The van der Waals surface area contributed by atoms with E-state index in [1.165, 1.54) is 5.56 Å². The van der Waals surface area contributed by atoms with E-state index >= 15 is 0 Å². The van der Waals surface area contributed by atoms with Gasteiger partial charge in [0.05, 0.1) is 0 Å². The van der Waals surface area contributed by atoms with E-state index in [-0.39, 0.29) is 6.10 Å². The summed E-state index contributed by atoms with van der Waals surface area (Å²) in [5.74, 6) is 0.946. The van der Waals surface area contributed by atoms with Gasteiger partial charge in [-0.2, -0.15) is 0 Å². The maximum Gasteiger partial charge on any atom is 0.120 e. The molecule has 0 aliphatic heterocycles. The molecule has 0 spiro atoms. The lowest BCUT2D eigenvalue weighted by atomic mass is 10.2. The Hall–Kier alpha value is -0.500. The van der Waals surface area contributed by atoms with E-state index in [0.717, 1.165) is 11.1 Å². The molecule has 0 N–H and O–H groups in total. The molecule has 0 unspecified atom stereocenters. The van der Waals surface area contributed by atoms with Gasteiger partial charge in [0.1, 0.15) is 11.9 Å². The van der Waals surface area contributed by atoms with Gasteiger partial charge in [-0.3, -0.25) is 0 Å². The molecule has 0 saturated heterocycles. The lowest BCUT2D eigenvalue weighted by Gasteiger charge is -2.11. The van der Waals surface area contributed by atoms with Crippen molar-refractivity contribution in [3.8, 4) is 5.75 Å². The zero-order valence-electron chi connectivity index (χ0n) is 7.38. The maximum atomic E-state index is 5.60. The Bertz CT molecular complexity index is 247. The molecule has 1 rings (SSSR count). The second-order valence-corrected chi connectivity index (χ2v) is 3.55. The van der Waals surface area contributed by atoms with Gasteiger partial charge in [0.2, 0.25) is 0 Å². The van der Waals surface area contributed by atoms with Gasteiger partial charge in [0.25, 0.3) is 0 Å². The molecular weight excluding hydrogens is 216 g/mol. The highest BCUT2D eigenvalue weighted by atomic mass is 79.9. The van der Waals surface area contributed by atoms with E-state index in [1.54, 1.807) is 0 Å². The summed E-state index contributed by atoms with van der Waals surface area (Å²) in [6, 6.07) is 8.09. The van der Waals surface area contributed by atoms with Crippen molar-refractivity contribution >= 4 is 15.9 Å². The van der Waals surface area contributed by atoms with Gasteiger partial charge in [-0.15, -0.1) is 0 Å². The second-order valence-electron chi connectivity index (χ2n) is 2.90. The first kappa shape index (κ1) is 9.59. The Labute approximate surface area is 81.9 Å². The number of aryl methyl sites for hydroxylation is 1. The van der Waals surface area contributed by atoms with Crippen LogP contribution in [0, 0.1) is 6.92 Å². The van der Waals surface area contributed by atoms with E-state index in [2.05, 4.69) is 28.9 Å². The summed E-state index contributed by atoms with van der Waals surface area (Å²) in [5, 5.41) is 0.862. The number of rotatable bonds is 3. The smallest absolute Gasteiger partial charge is 0.120 e. The third-order valence-electron chi connectivity index (χ3n) is 1.54. The Morgan fingerprint density at radius 1 is 1.50 bits per heavy atom. The molecule has 1 aromatic carbocycles. The molecule has 66 valence electrons. The summed E-state index contributed by atoms with van der Waals surface area (Å²) >= 11 is 3.37. The fraction of sp³-hybridized carbons (Fsp3) is 0.400. The maximum absolute atomic E-state index is 5.60. The van der Waals surface area contributed by atoms with Gasteiger partial charge in [-0.1, -0.05) is 28.1 Å². The average Bonchev–Trinajstić information content (AvgIpc) is 2.04. The number of alkyl halides is 1. The summed E-state index contributed by atoms with van der Waals surface area (Å²) in [6.07, 6.45) is 0.229. The Balaban J connectivity index is 2.63. The Morgan fingerprint density at radius 3 is 2.83 bits per heavy atom. The topological polar surface area (TPSA) is 9.23 Å². The predicted molar refractivity (Wildman–Crippen MR) is 55.1 cm³/mol. The van der Waals surface area contributed by atoms with Gasteiger partial charge < -0.3 is 4.74 Å². The van der Waals surface area contributed by atoms with Crippen LogP contribution in [-0.4, -0.2) is 11.4 Å². The van der Waals surface area contributed by atoms with Crippen LogP contribution in [0.2, 0.25) is 0 Å². The second kappa shape index (κ2) is 4.51. The molecule has 0 fully saturated rings. The normalized spacial score (nSPS) is 12.6. The molecule has 2 heteroatoms. The van der Waals surface area contributed by atoms with Crippen LogP contribution in [0.15, 0.2) is 24.3 Å². The lowest BCUT2D eigenvalue weighted by molar-refractivity contribution is 0.248. The van der Waals surface area contributed by atoms with Crippen molar-refractivity contribution in [2.45, 2.75) is 20.0 Å². The van der Waals surface area contributed by atoms with E-state index in [9.17, 15) is 0 Å². The van der Waals surface area contributed by atoms with Gasteiger partial charge >= 0.3 is 0 Å². The molecule has 0 aromatic heterocycles. The van der Waals surface area contributed by atoms with Gasteiger partial charge in [0, 0.05) is 5.33 Å². The monoisotopic (exact) mass is 228 g/mol. The van der Waals surface area contributed by atoms with Crippen LogP contribution >= 0.6 is 15.9 Å². The number of halogens is 1. The molecule has 0 heterocycles. The number of hydrogen-bond acceptors (Lipinski definition) is 1. The van der Waals surface area contributed by atoms with Crippen molar-refractivity contribution in [1.29, 1.82) is 0 Å². The molecular formula is C10H13BrO. The molecule has 0 radical (unpaired) electrons. The van der Waals surface area contributed by atoms with Gasteiger partial charge in [0.15, 0.2) is 0 Å². The summed E-state index contributed by atoms with van der Waals surface area (Å²) in [6.45, 7) is 4.10. The largest absolute Gasteiger partial charge is 0.490 e. The lowest BCUT2D eigenvalue weighted by Crippen LogP contribution is -2.12. The van der Waals surface area contributed by atoms with Crippen molar-refractivity contribution in [3.05, 3.63) is 29.8 Å². The average molecular weight is 229 g/mol. The van der Waals surface area contributed by atoms with Crippen LogP contribution < -0.4 is 4.74 Å². The number of ether oxygens (including phenoxy) is 1. The van der Waals surface area contributed by atoms with Gasteiger partial charge in [-0.25, -0.2) is 0 Å². The van der Waals surface area contributed by atoms with Crippen molar-refractivity contribution in [2.24, 2.45) is 0 Å². The van der Waals surface area contributed by atoms with Crippen molar-refractivity contribution < 1.29 is 4.74 Å².